The molecule has 37 heavy (non-hydrogen) atoms. The molecule has 0 saturated carbocycles. The third-order valence-electron chi connectivity index (χ3n) is 5.86. The van der Waals surface area contributed by atoms with Gasteiger partial charge in [0.15, 0.2) is 5.69 Å². The first-order valence-corrected chi connectivity index (χ1v) is 12.5. The van der Waals surface area contributed by atoms with E-state index >= 15 is 0 Å². The summed E-state index contributed by atoms with van der Waals surface area (Å²) in [7, 11) is 0. The second kappa shape index (κ2) is 11.2. The summed E-state index contributed by atoms with van der Waals surface area (Å²) in [6, 6.07) is 5.95. The molecule has 0 spiro atoms. The second-order valence-electron chi connectivity index (χ2n) is 9.96. The predicted octanol–water partition coefficient (Wildman–Crippen LogP) is 4.26. The zero-order valence-electron chi connectivity index (χ0n) is 21.9. The molecule has 1 aliphatic rings. The summed E-state index contributed by atoms with van der Waals surface area (Å²) in [6.45, 7) is 11.2. The molecular formula is C26H32ClN5O5. The van der Waals surface area contributed by atoms with Gasteiger partial charge in [-0.3, -0.25) is 9.48 Å². The third kappa shape index (κ3) is 6.41. The lowest BCUT2D eigenvalue weighted by Crippen LogP contribution is -2.42. The molecule has 1 aromatic carbocycles. The summed E-state index contributed by atoms with van der Waals surface area (Å²) in [5.41, 5.74) is 1.44. The van der Waals surface area contributed by atoms with Gasteiger partial charge in [-0.25, -0.2) is 9.59 Å². The van der Waals surface area contributed by atoms with E-state index in [0.29, 0.717) is 23.2 Å². The Morgan fingerprint density at radius 2 is 2.03 bits per heavy atom. The van der Waals surface area contributed by atoms with Crippen LogP contribution in [0.2, 0.25) is 5.02 Å². The minimum Gasteiger partial charge on any atom is -0.461 e. The fourth-order valence-electron chi connectivity index (χ4n) is 4.11. The number of nitrogens with one attached hydrogen (secondary N) is 1. The minimum absolute atomic E-state index is 0.139. The van der Waals surface area contributed by atoms with Crippen molar-refractivity contribution in [1.82, 2.24) is 20.0 Å². The Labute approximate surface area is 221 Å². The Balaban J connectivity index is 1.91. The number of fused-ring (bicyclic) bond motifs is 1. The molecule has 2 atom stereocenters. The fraction of sp³-hybridized carbons (Fsp3) is 0.500. The van der Waals surface area contributed by atoms with Gasteiger partial charge in [0.2, 0.25) is 0 Å². The minimum atomic E-state index is -0.640. The number of carbonyl (C=O) groups is 3. The molecule has 2 amide bonds. The topological polar surface area (TPSA) is 127 Å². The van der Waals surface area contributed by atoms with Crippen LogP contribution in [0.1, 0.15) is 85.3 Å². The molecule has 1 N–H and O–H groups in total. The maximum absolute atomic E-state index is 13.4. The quantitative estimate of drug-likeness (QED) is 0.554. The Morgan fingerprint density at radius 3 is 2.65 bits per heavy atom. The van der Waals surface area contributed by atoms with E-state index in [1.54, 1.807) is 43.3 Å². The van der Waals surface area contributed by atoms with E-state index in [-0.39, 0.29) is 47.9 Å². The van der Waals surface area contributed by atoms with Crippen molar-refractivity contribution in [2.24, 2.45) is 0 Å². The Hall–Kier alpha value is -3.58. The van der Waals surface area contributed by atoms with Gasteiger partial charge in [0, 0.05) is 30.1 Å². The van der Waals surface area contributed by atoms with Gasteiger partial charge in [-0.2, -0.15) is 10.4 Å². The van der Waals surface area contributed by atoms with E-state index in [0.717, 1.165) is 0 Å². The Bertz CT molecular complexity index is 1240. The maximum atomic E-state index is 13.4. The van der Waals surface area contributed by atoms with Crippen molar-refractivity contribution in [3.8, 4) is 6.07 Å². The van der Waals surface area contributed by atoms with Crippen LogP contribution in [0, 0.1) is 11.3 Å². The summed E-state index contributed by atoms with van der Waals surface area (Å²) in [6.07, 6.45) is -0.148. The molecule has 0 bridgehead atoms. The van der Waals surface area contributed by atoms with Gasteiger partial charge in [0.05, 0.1) is 35.5 Å². The molecule has 2 heterocycles. The number of benzene rings is 1. The largest absolute Gasteiger partial charge is 0.461 e. The number of carbonyl (C=O) groups excluding carboxylic acids is 3. The number of halogens is 1. The number of alkyl carbamates (subject to hydrolysis) is 1. The zero-order chi connectivity index (χ0) is 27.5. The summed E-state index contributed by atoms with van der Waals surface area (Å²) in [5, 5.41) is 17.0. The van der Waals surface area contributed by atoms with Gasteiger partial charge in [-0.15, -0.1) is 0 Å². The average Bonchev–Trinajstić information content (AvgIpc) is 3.19. The maximum Gasteiger partial charge on any atom is 0.407 e. The van der Waals surface area contributed by atoms with E-state index in [1.165, 1.54) is 12.1 Å². The highest BCUT2D eigenvalue weighted by molar-refractivity contribution is 6.31. The molecule has 10 nitrogen and oxygen atoms in total. The molecule has 0 radical (unpaired) electrons. The van der Waals surface area contributed by atoms with E-state index < -0.39 is 23.7 Å². The number of ether oxygens (including phenoxy) is 2. The molecule has 1 aliphatic heterocycles. The smallest absolute Gasteiger partial charge is 0.407 e. The van der Waals surface area contributed by atoms with Crippen LogP contribution in [0.5, 0.6) is 0 Å². The van der Waals surface area contributed by atoms with Gasteiger partial charge in [0.25, 0.3) is 5.91 Å². The fourth-order valence-corrected chi connectivity index (χ4v) is 4.27. The van der Waals surface area contributed by atoms with Crippen LogP contribution in [0.15, 0.2) is 18.2 Å². The van der Waals surface area contributed by atoms with Gasteiger partial charge < -0.3 is 19.7 Å². The predicted molar refractivity (Wildman–Crippen MR) is 136 cm³/mol. The van der Waals surface area contributed by atoms with Gasteiger partial charge in [-0.1, -0.05) is 11.6 Å². The van der Waals surface area contributed by atoms with Crippen LogP contribution in [0.3, 0.4) is 0 Å². The van der Waals surface area contributed by atoms with Crippen LogP contribution >= 0.6 is 11.6 Å². The molecule has 198 valence electrons. The van der Waals surface area contributed by atoms with Crippen molar-refractivity contribution in [1.29, 1.82) is 5.26 Å². The Morgan fingerprint density at radius 1 is 1.32 bits per heavy atom. The summed E-state index contributed by atoms with van der Waals surface area (Å²) in [4.78, 5) is 40.2. The van der Waals surface area contributed by atoms with Crippen molar-refractivity contribution in [2.45, 2.75) is 72.2 Å². The van der Waals surface area contributed by atoms with Crippen molar-refractivity contribution < 1.29 is 23.9 Å². The van der Waals surface area contributed by atoms with Crippen molar-refractivity contribution >= 4 is 29.6 Å². The summed E-state index contributed by atoms with van der Waals surface area (Å²) < 4.78 is 12.2. The number of hydrogen-bond acceptors (Lipinski definition) is 7. The molecular weight excluding hydrogens is 498 g/mol. The first-order valence-electron chi connectivity index (χ1n) is 12.1. The normalized spacial score (nSPS) is 15.8. The number of aromatic nitrogens is 2. The van der Waals surface area contributed by atoms with Gasteiger partial charge in [-0.05, 0) is 59.7 Å². The number of amides is 2. The van der Waals surface area contributed by atoms with Crippen LogP contribution in [0.25, 0.3) is 0 Å². The molecule has 1 unspecified atom stereocenters. The van der Waals surface area contributed by atoms with Crippen LogP contribution in [0.4, 0.5) is 4.79 Å². The van der Waals surface area contributed by atoms with Crippen molar-refractivity contribution in [2.75, 3.05) is 13.2 Å². The van der Waals surface area contributed by atoms with E-state index in [9.17, 15) is 19.6 Å². The van der Waals surface area contributed by atoms with E-state index in [1.807, 2.05) is 19.9 Å². The first-order chi connectivity index (χ1) is 17.4. The van der Waals surface area contributed by atoms with E-state index in [4.69, 9.17) is 21.1 Å². The monoisotopic (exact) mass is 529 g/mol. The highest BCUT2D eigenvalue weighted by Gasteiger charge is 2.36. The standard InChI is InChI=1S/C26H32ClN5O5/c1-7-36-24(34)22-19-14-31(23(33)17-8-9-20(27)18(11-17)12-28)15(2)10-21(19)30-32(22)16(3)13-29-25(35)37-26(4,5)6/h8-9,11,15-16H,7,10,13-14H2,1-6H3,(H,29,35)/t15-,16?/m1/s1. The lowest BCUT2D eigenvalue weighted by Gasteiger charge is -2.33. The third-order valence-corrected chi connectivity index (χ3v) is 6.19. The van der Waals surface area contributed by atoms with E-state index in [2.05, 4.69) is 10.4 Å². The first kappa shape index (κ1) is 28.0. The number of hydrogen-bond donors (Lipinski definition) is 1. The number of nitriles is 1. The summed E-state index contributed by atoms with van der Waals surface area (Å²) in [5.74, 6) is -0.839. The van der Waals surface area contributed by atoms with Crippen LogP contribution in [-0.4, -0.2) is 57.4 Å². The second-order valence-corrected chi connectivity index (χ2v) is 10.4. The van der Waals surface area contributed by atoms with Crippen molar-refractivity contribution in [3.63, 3.8) is 0 Å². The highest BCUT2D eigenvalue weighted by atomic mass is 35.5. The molecule has 2 aromatic rings. The molecule has 0 fully saturated rings. The Kier molecular flexibility index (Phi) is 8.49. The van der Waals surface area contributed by atoms with Crippen molar-refractivity contribution in [3.05, 3.63) is 51.3 Å². The lowest BCUT2D eigenvalue weighted by atomic mass is 9.98. The molecule has 11 heteroatoms. The molecule has 1 aromatic heterocycles. The SMILES string of the molecule is CCOC(=O)c1c2c(nn1C(C)CNC(=O)OC(C)(C)C)C[C@@H](C)N(C(=O)c1ccc(Cl)c(C#N)c1)C2. The van der Waals surface area contributed by atoms with Crippen LogP contribution in [-0.2, 0) is 22.4 Å². The number of esters is 1. The molecule has 0 aliphatic carbocycles. The lowest BCUT2D eigenvalue weighted by molar-refractivity contribution is 0.0498. The average molecular weight is 530 g/mol. The van der Waals surface area contributed by atoms with Gasteiger partial charge in [0.1, 0.15) is 11.7 Å². The highest BCUT2D eigenvalue weighted by Crippen LogP contribution is 2.30. The van der Waals surface area contributed by atoms with Crippen LogP contribution < -0.4 is 5.32 Å². The number of nitrogens with zero attached hydrogens (tertiary/aromatic N) is 4. The van der Waals surface area contributed by atoms with Gasteiger partial charge >= 0.3 is 12.1 Å². The zero-order valence-corrected chi connectivity index (χ0v) is 22.7. The summed E-state index contributed by atoms with van der Waals surface area (Å²) >= 11 is 6.03. The molecule has 3 rings (SSSR count). The number of rotatable bonds is 6. The molecule has 0 saturated heterocycles.